The second-order valence-corrected chi connectivity index (χ2v) is 8.26. The second-order valence-electron chi connectivity index (χ2n) is 7.03. The number of rotatable bonds is 11. The average Bonchev–Trinajstić information content (AvgIpc) is 2.74. The fourth-order valence-electron chi connectivity index (χ4n) is 2.92. The first-order valence-corrected chi connectivity index (χ1v) is 11.4. The van der Waals surface area contributed by atoms with Crippen LogP contribution in [0.5, 0.6) is 5.75 Å². The minimum Gasteiger partial charge on any atom is -0.490 e. The lowest BCUT2D eigenvalue weighted by Gasteiger charge is -2.11. The van der Waals surface area contributed by atoms with Gasteiger partial charge in [0.15, 0.2) is 5.75 Å². The van der Waals surface area contributed by atoms with Crippen LogP contribution in [-0.2, 0) is 4.79 Å². The van der Waals surface area contributed by atoms with Gasteiger partial charge in [-0.2, -0.15) is 5.26 Å². The number of carbonyl (C=O) groups is 1. The van der Waals surface area contributed by atoms with Gasteiger partial charge in [0.1, 0.15) is 11.6 Å². The molecule has 2 aromatic rings. The lowest BCUT2D eigenvalue weighted by atomic mass is 10.1. The Morgan fingerprint density at radius 1 is 1.03 bits per heavy atom. The standard InChI is InChI=1S/C24H25Cl3N2O2/c1-2-3-4-5-6-9-12-31-23-20(26)14-17(15-21(23)27)13-18(16-28)24(30)29-22-11-8-7-10-19(22)25/h7-8,10-11,13-15H,2-6,9,12H2,1H3,(H,29,30)/b18-13+. The summed E-state index contributed by atoms with van der Waals surface area (Å²) in [6.45, 7) is 2.72. The van der Waals surface area contributed by atoms with Gasteiger partial charge < -0.3 is 10.1 Å². The van der Waals surface area contributed by atoms with Crippen LogP contribution in [0.15, 0.2) is 42.0 Å². The number of unbranched alkanes of at least 4 members (excludes halogenated alkanes) is 5. The molecule has 0 unspecified atom stereocenters. The van der Waals surface area contributed by atoms with Crippen LogP contribution in [-0.4, -0.2) is 12.5 Å². The number of benzene rings is 2. The molecule has 2 aromatic carbocycles. The van der Waals surface area contributed by atoms with E-state index in [0.717, 1.165) is 12.8 Å². The first-order valence-electron chi connectivity index (χ1n) is 10.3. The quantitative estimate of drug-likeness (QED) is 0.202. The molecule has 0 atom stereocenters. The van der Waals surface area contributed by atoms with Crippen molar-refractivity contribution in [1.82, 2.24) is 0 Å². The van der Waals surface area contributed by atoms with Gasteiger partial charge in [-0.3, -0.25) is 4.79 Å². The van der Waals surface area contributed by atoms with Crippen molar-refractivity contribution in [2.24, 2.45) is 0 Å². The number of nitriles is 1. The van der Waals surface area contributed by atoms with Gasteiger partial charge in [-0.05, 0) is 42.3 Å². The molecule has 31 heavy (non-hydrogen) atoms. The summed E-state index contributed by atoms with van der Waals surface area (Å²) in [4.78, 5) is 12.5. The smallest absolute Gasteiger partial charge is 0.266 e. The van der Waals surface area contributed by atoms with E-state index in [2.05, 4.69) is 12.2 Å². The maximum Gasteiger partial charge on any atom is 0.266 e. The summed E-state index contributed by atoms with van der Waals surface area (Å²) in [7, 11) is 0. The fourth-order valence-corrected chi connectivity index (χ4v) is 3.72. The van der Waals surface area contributed by atoms with Crippen LogP contribution in [0.4, 0.5) is 5.69 Å². The van der Waals surface area contributed by atoms with E-state index in [1.54, 1.807) is 36.4 Å². The van der Waals surface area contributed by atoms with Gasteiger partial charge in [0, 0.05) is 0 Å². The van der Waals surface area contributed by atoms with E-state index >= 15 is 0 Å². The molecule has 0 aromatic heterocycles. The molecule has 164 valence electrons. The van der Waals surface area contributed by atoms with Gasteiger partial charge in [0.05, 0.1) is 27.4 Å². The largest absolute Gasteiger partial charge is 0.490 e. The second kappa shape index (κ2) is 13.3. The van der Waals surface area contributed by atoms with Gasteiger partial charge in [-0.25, -0.2) is 0 Å². The zero-order chi connectivity index (χ0) is 22.6. The lowest BCUT2D eigenvalue weighted by molar-refractivity contribution is -0.112. The van der Waals surface area contributed by atoms with Crippen LogP contribution in [0.2, 0.25) is 15.1 Å². The summed E-state index contributed by atoms with van der Waals surface area (Å²) in [6, 6.07) is 11.9. The summed E-state index contributed by atoms with van der Waals surface area (Å²) in [5, 5.41) is 13.1. The van der Waals surface area contributed by atoms with Crippen molar-refractivity contribution in [2.75, 3.05) is 11.9 Å². The maximum atomic E-state index is 12.5. The average molecular weight is 480 g/mol. The Morgan fingerprint density at radius 2 is 1.68 bits per heavy atom. The summed E-state index contributed by atoms with van der Waals surface area (Å²) in [6.07, 6.45) is 8.36. The number of nitrogens with zero attached hydrogens (tertiary/aromatic N) is 1. The molecule has 1 N–H and O–H groups in total. The highest BCUT2D eigenvalue weighted by Gasteiger charge is 2.14. The van der Waals surface area contributed by atoms with Crippen molar-refractivity contribution in [3.8, 4) is 11.8 Å². The van der Waals surface area contributed by atoms with E-state index in [-0.39, 0.29) is 5.57 Å². The molecule has 0 aliphatic heterocycles. The number of para-hydroxylation sites is 1. The third-order valence-electron chi connectivity index (χ3n) is 4.56. The molecule has 0 spiro atoms. The highest BCUT2D eigenvalue weighted by atomic mass is 35.5. The van der Waals surface area contributed by atoms with Crippen LogP contribution in [0, 0.1) is 11.3 Å². The van der Waals surface area contributed by atoms with E-state index in [4.69, 9.17) is 39.5 Å². The van der Waals surface area contributed by atoms with Crippen LogP contribution in [0.3, 0.4) is 0 Å². The zero-order valence-electron chi connectivity index (χ0n) is 17.4. The normalized spacial score (nSPS) is 11.1. The molecule has 2 rings (SSSR count). The summed E-state index contributed by atoms with van der Waals surface area (Å²) in [5.74, 6) is -0.167. The van der Waals surface area contributed by atoms with E-state index in [9.17, 15) is 10.1 Å². The number of halogens is 3. The van der Waals surface area contributed by atoms with Gasteiger partial charge in [0.2, 0.25) is 0 Å². The number of ether oxygens (including phenoxy) is 1. The molecular formula is C24H25Cl3N2O2. The molecular weight excluding hydrogens is 455 g/mol. The highest BCUT2D eigenvalue weighted by Crippen LogP contribution is 2.35. The van der Waals surface area contributed by atoms with Crippen LogP contribution >= 0.6 is 34.8 Å². The predicted octanol–water partition coefficient (Wildman–Crippen LogP) is 7.93. The first-order chi connectivity index (χ1) is 15.0. The van der Waals surface area contributed by atoms with E-state index in [1.807, 2.05) is 6.07 Å². The molecule has 0 saturated carbocycles. The lowest BCUT2D eigenvalue weighted by Crippen LogP contribution is -2.13. The molecule has 0 aliphatic rings. The van der Waals surface area contributed by atoms with Crippen molar-refractivity contribution in [1.29, 1.82) is 5.26 Å². The molecule has 0 fully saturated rings. The fraction of sp³-hybridized carbons (Fsp3) is 0.333. The monoisotopic (exact) mass is 478 g/mol. The van der Waals surface area contributed by atoms with Gasteiger partial charge in [-0.1, -0.05) is 86.0 Å². The number of hydrogen-bond donors (Lipinski definition) is 1. The Bertz CT molecular complexity index is 945. The zero-order valence-corrected chi connectivity index (χ0v) is 19.7. The molecule has 7 heteroatoms. The van der Waals surface area contributed by atoms with E-state index in [0.29, 0.717) is 38.7 Å². The van der Waals surface area contributed by atoms with Gasteiger partial charge >= 0.3 is 0 Å². The van der Waals surface area contributed by atoms with Crippen molar-refractivity contribution >= 4 is 52.5 Å². The van der Waals surface area contributed by atoms with Gasteiger partial charge in [0.25, 0.3) is 5.91 Å². The Kier molecular flexibility index (Phi) is 10.7. The predicted molar refractivity (Wildman–Crippen MR) is 129 cm³/mol. The third-order valence-corrected chi connectivity index (χ3v) is 5.45. The Hall–Kier alpha value is -2.19. The van der Waals surface area contributed by atoms with Crippen LogP contribution < -0.4 is 10.1 Å². The molecule has 0 bridgehead atoms. The molecule has 0 radical (unpaired) electrons. The Morgan fingerprint density at radius 3 is 2.32 bits per heavy atom. The minimum atomic E-state index is -0.578. The third kappa shape index (κ3) is 8.10. The SMILES string of the molecule is CCCCCCCCOc1c(Cl)cc(/C=C(\C#N)C(=O)Nc2ccccc2Cl)cc1Cl. The number of hydrogen-bond acceptors (Lipinski definition) is 3. The number of carbonyl (C=O) groups excluding carboxylic acids is 1. The van der Waals surface area contributed by atoms with Crippen molar-refractivity contribution in [3.05, 3.63) is 62.6 Å². The summed E-state index contributed by atoms with van der Waals surface area (Å²) >= 11 is 18.7. The Labute approximate surface area is 198 Å². The summed E-state index contributed by atoms with van der Waals surface area (Å²) < 4.78 is 5.76. The van der Waals surface area contributed by atoms with Gasteiger partial charge in [-0.15, -0.1) is 0 Å². The van der Waals surface area contributed by atoms with Crippen molar-refractivity contribution < 1.29 is 9.53 Å². The first kappa shape index (κ1) is 25.1. The Balaban J connectivity index is 2.03. The maximum absolute atomic E-state index is 12.5. The van der Waals surface area contributed by atoms with Crippen LogP contribution in [0.1, 0.15) is 51.0 Å². The number of amides is 1. The van der Waals surface area contributed by atoms with Crippen molar-refractivity contribution in [3.63, 3.8) is 0 Å². The number of nitrogens with one attached hydrogen (secondary N) is 1. The molecule has 4 nitrogen and oxygen atoms in total. The minimum absolute atomic E-state index is 0.104. The molecule has 1 amide bonds. The van der Waals surface area contributed by atoms with E-state index < -0.39 is 5.91 Å². The molecule has 0 saturated heterocycles. The van der Waals surface area contributed by atoms with Crippen LogP contribution in [0.25, 0.3) is 6.08 Å². The number of anilines is 1. The topological polar surface area (TPSA) is 62.1 Å². The summed E-state index contributed by atoms with van der Waals surface area (Å²) in [5.41, 5.74) is 0.838. The van der Waals surface area contributed by atoms with E-state index in [1.165, 1.54) is 31.8 Å². The molecule has 0 aliphatic carbocycles. The molecule has 0 heterocycles. The highest BCUT2D eigenvalue weighted by molar-refractivity contribution is 6.37. The van der Waals surface area contributed by atoms with Crippen molar-refractivity contribution in [2.45, 2.75) is 45.4 Å².